The summed E-state index contributed by atoms with van der Waals surface area (Å²) in [6, 6.07) is 14.2. The minimum Gasteiger partial charge on any atom is -0.491 e. The lowest BCUT2D eigenvalue weighted by Crippen LogP contribution is -2.03. The van der Waals surface area contributed by atoms with Crippen LogP contribution in [0.2, 0.25) is 0 Å². The lowest BCUT2D eigenvalue weighted by molar-refractivity contribution is 0.323. The second-order valence-corrected chi connectivity index (χ2v) is 3.77. The third-order valence-corrected chi connectivity index (χ3v) is 2.46. The molecule has 0 saturated carbocycles. The zero-order valence-electron chi connectivity index (χ0n) is 9.40. The van der Waals surface area contributed by atoms with Gasteiger partial charge in [-0.25, -0.2) is 4.39 Å². The molecule has 0 aliphatic carbocycles. The predicted molar refractivity (Wildman–Crippen MR) is 66.5 cm³/mol. The molecule has 0 heterocycles. The van der Waals surface area contributed by atoms with Crippen LogP contribution in [-0.4, -0.2) is 6.61 Å². The van der Waals surface area contributed by atoms with Crippen molar-refractivity contribution in [1.82, 2.24) is 0 Å². The Labute approximate surface area is 99.8 Å². The fourth-order valence-corrected chi connectivity index (χ4v) is 1.57. The summed E-state index contributed by atoms with van der Waals surface area (Å²) in [6.45, 7) is 0.528. The zero-order valence-corrected chi connectivity index (χ0v) is 9.40. The molecule has 3 heteroatoms. The van der Waals surface area contributed by atoms with Gasteiger partial charge in [0.15, 0.2) is 0 Å². The molecular weight excluding hydrogens is 217 g/mol. The standard InChI is InChI=1S/C14H14FNO/c15-12-6-7-14(13(16)10-12)17-9-8-11-4-2-1-3-5-11/h1-7,10H,8-9,16H2. The molecular formula is C14H14FNO. The maximum absolute atomic E-state index is 12.8. The third-order valence-electron chi connectivity index (χ3n) is 2.46. The Bertz CT molecular complexity index is 485. The number of hydrogen-bond acceptors (Lipinski definition) is 2. The van der Waals surface area contributed by atoms with Gasteiger partial charge >= 0.3 is 0 Å². The molecule has 2 aromatic rings. The number of nitrogens with two attached hydrogens (primary N) is 1. The molecule has 2 aromatic carbocycles. The monoisotopic (exact) mass is 231 g/mol. The molecule has 0 aromatic heterocycles. The van der Waals surface area contributed by atoms with E-state index in [1.807, 2.05) is 30.3 Å². The normalized spacial score (nSPS) is 10.2. The highest BCUT2D eigenvalue weighted by Crippen LogP contribution is 2.21. The van der Waals surface area contributed by atoms with Crippen molar-refractivity contribution in [1.29, 1.82) is 0 Å². The Morgan fingerprint density at radius 2 is 1.82 bits per heavy atom. The van der Waals surface area contributed by atoms with Crippen molar-refractivity contribution in [2.75, 3.05) is 12.3 Å². The number of nitrogen functional groups attached to an aromatic ring is 1. The van der Waals surface area contributed by atoms with Gasteiger partial charge in [0.05, 0.1) is 12.3 Å². The summed E-state index contributed by atoms with van der Waals surface area (Å²) >= 11 is 0. The second kappa shape index (κ2) is 5.34. The van der Waals surface area contributed by atoms with Crippen molar-refractivity contribution < 1.29 is 9.13 Å². The van der Waals surface area contributed by atoms with Gasteiger partial charge in [-0.05, 0) is 17.7 Å². The smallest absolute Gasteiger partial charge is 0.142 e. The molecule has 2 N–H and O–H groups in total. The molecule has 88 valence electrons. The van der Waals surface area contributed by atoms with E-state index in [4.69, 9.17) is 10.5 Å². The number of benzene rings is 2. The fraction of sp³-hybridized carbons (Fsp3) is 0.143. The largest absolute Gasteiger partial charge is 0.491 e. The molecule has 17 heavy (non-hydrogen) atoms. The van der Waals surface area contributed by atoms with Crippen LogP contribution >= 0.6 is 0 Å². The van der Waals surface area contributed by atoms with Crippen LogP contribution in [0.15, 0.2) is 48.5 Å². The SMILES string of the molecule is Nc1cc(F)ccc1OCCc1ccccc1. The number of anilines is 1. The Morgan fingerprint density at radius 1 is 1.06 bits per heavy atom. The molecule has 2 nitrogen and oxygen atoms in total. The van der Waals surface area contributed by atoms with E-state index < -0.39 is 0 Å². The van der Waals surface area contributed by atoms with Crippen LogP contribution in [0.4, 0.5) is 10.1 Å². The van der Waals surface area contributed by atoms with Crippen LogP contribution in [0.5, 0.6) is 5.75 Å². The van der Waals surface area contributed by atoms with Crippen LogP contribution in [0.1, 0.15) is 5.56 Å². The zero-order chi connectivity index (χ0) is 12.1. The van der Waals surface area contributed by atoms with Crippen molar-refractivity contribution in [3.05, 3.63) is 59.9 Å². The highest BCUT2D eigenvalue weighted by molar-refractivity contribution is 5.52. The van der Waals surface area contributed by atoms with Crippen LogP contribution < -0.4 is 10.5 Å². The Kier molecular flexibility index (Phi) is 3.60. The van der Waals surface area contributed by atoms with Crippen molar-refractivity contribution >= 4 is 5.69 Å². The molecule has 0 aliphatic heterocycles. The van der Waals surface area contributed by atoms with Crippen LogP contribution in [0.25, 0.3) is 0 Å². The minimum atomic E-state index is -0.349. The average Bonchev–Trinajstić information content (AvgIpc) is 2.33. The topological polar surface area (TPSA) is 35.2 Å². The molecule has 0 spiro atoms. The summed E-state index contributed by atoms with van der Waals surface area (Å²) in [5, 5.41) is 0. The Hall–Kier alpha value is -2.03. The first-order valence-electron chi connectivity index (χ1n) is 5.47. The van der Waals surface area contributed by atoms with E-state index in [1.54, 1.807) is 6.07 Å². The first-order chi connectivity index (χ1) is 8.25. The molecule has 0 fully saturated rings. The first kappa shape index (κ1) is 11.5. The Balaban J connectivity index is 1.90. The van der Waals surface area contributed by atoms with E-state index in [0.29, 0.717) is 18.0 Å². The van der Waals surface area contributed by atoms with Gasteiger partial charge in [-0.3, -0.25) is 0 Å². The summed E-state index contributed by atoms with van der Waals surface area (Å²) < 4.78 is 18.3. The number of hydrogen-bond donors (Lipinski definition) is 1. The van der Waals surface area contributed by atoms with E-state index in [-0.39, 0.29) is 5.82 Å². The minimum absolute atomic E-state index is 0.332. The van der Waals surface area contributed by atoms with Gasteiger partial charge in [0.25, 0.3) is 0 Å². The van der Waals surface area contributed by atoms with Crippen molar-refractivity contribution in [3.8, 4) is 5.75 Å². The molecule has 0 radical (unpaired) electrons. The van der Waals surface area contributed by atoms with E-state index in [2.05, 4.69) is 0 Å². The van der Waals surface area contributed by atoms with Crippen molar-refractivity contribution in [3.63, 3.8) is 0 Å². The van der Waals surface area contributed by atoms with Crippen LogP contribution in [-0.2, 0) is 6.42 Å². The van der Waals surface area contributed by atoms with E-state index in [0.717, 1.165) is 6.42 Å². The van der Waals surface area contributed by atoms with Gasteiger partial charge in [-0.15, -0.1) is 0 Å². The molecule has 0 unspecified atom stereocenters. The van der Waals surface area contributed by atoms with Gasteiger partial charge in [-0.2, -0.15) is 0 Å². The maximum atomic E-state index is 12.8. The van der Waals surface area contributed by atoms with Crippen LogP contribution in [0, 0.1) is 5.82 Å². The number of rotatable bonds is 4. The predicted octanol–water partition coefficient (Wildman–Crippen LogP) is 3.03. The summed E-state index contributed by atoms with van der Waals surface area (Å²) in [7, 11) is 0. The molecule has 2 rings (SSSR count). The molecule has 0 saturated heterocycles. The highest BCUT2D eigenvalue weighted by atomic mass is 19.1. The van der Waals surface area contributed by atoms with E-state index in [1.165, 1.54) is 17.7 Å². The lowest BCUT2D eigenvalue weighted by atomic mass is 10.2. The molecule has 0 bridgehead atoms. The van der Waals surface area contributed by atoms with Gasteiger partial charge in [0.1, 0.15) is 11.6 Å². The summed E-state index contributed by atoms with van der Waals surface area (Å²) in [5.41, 5.74) is 7.17. The fourth-order valence-electron chi connectivity index (χ4n) is 1.57. The van der Waals surface area contributed by atoms with Gasteiger partial charge in [-0.1, -0.05) is 30.3 Å². The Morgan fingerprint density at radius 3 is 2.53 bits per heavy atom. The van der Waals surface area contributed by atoms with E-state index in [9.17, 15) is 4.39 Å². The summed E-state index contributed by atoms with van der Waals surface area (Å²) in [4.78, 5) is 0. The average molecular weight is 231 g/mol. The second-order valence-electron chi connectivity index (χ2n) is 3.77. The third kappa shape index (κ3) is 3.21. The summed E-state index contributed by atoms with van der Waals surface area (Å²) in [6.07, 6.45) is 0.803. The van der Waals surface area contributed by atoms with Gasteiger partial charge < -0.3 is 10.5 Å². The van der Waals surface area contributed by atoms with E-state index >= 15 is 0 Å². The summed E-state index contributed by atoms with van der Waals surface area (Å²) in [5.74, 6) is 0.181. The lowest BCUT2D eigenvalue weighted by Gasteiger charge is -2.08. The van der Waals surface area contributed by atoms with Gasteiger partial charge in [0.2, 0.25) is 0 Å². The van der Waals surface area contributed by atoms with Crippen molar-refractivity contribution in [2.24, 2.45) is 0 Å². The highest BCUT2D eigenvalue weighted by Gasteiger charge is 2.01. The van der Waals surface area contributed by atoms with Crippen LogP contribution in [0.3, 0.4) is 0 Å². The number of halogens is 1. The quantitative estimate of drug-likeness (QED) is 0.821. The van der Waals surface area contributed by atoms with Crippen molar-refractivity contribution in [2.45, 2.75) is 6.42 Å². The van der Waals surface area contributed by atoms with Gasteiger partial charge in [0, 0.05) is 12.5 Å². The molecule has 0 amide bonds. The maximum Gasteiger partial charge on any atom is 0.142 e. The first-order valence-corrected chi connectivity index (χ1v) is 5.47. The molecule has 0 aliphatic rings. The molecule has 0 atom stereocenters. The number of ether oxygens (including phenoxy) is 1.